The second-order valence-corrected chi connectivity index (χ2v) is 4.68. The Bertz CT molecular complexity index is 162. The Morgan fingerprint density at radius 2 is 2.18 bits per heavy atom. The molecule has 0 spiro atoms. The van der Waals surface area contributed by atoms with Crippen molar-refractivity contribution in [1.82, 2.24) is 4.72 Å². The van der Waals surface area contributed by atoms with Crippen LogP contribution in [-0.4, -0.2) is 24.6 Å². The lowest BCUT2D eigenvalue weighted by Gasteiger charge is -2.35. The van der Waals surface area contributed by atoms with Crippen LogP contribution in [0.2, 0.25) is 0 Å². The summed E-state index contributed by atoms with van der Waals surface area (Å²) < 4.78 is 27.6. The zero-order valence-corrected chi connectivity index (χ0v) is 7.39. The fourth-order valence-electron chi connectivity index (χ4n) is 1.19. The van der Waals surface area contributed by atoms with Crippen molar-refractivity contribution in [2.75, 3.05) is 12.8 Å². The fraction of sp³-hybridized carbons (Fsp3) is 0.857. The van der Waals surface area contributed by atoms with Crippen LogP contribution in [-0.2, 0) is 0 Å². The molecule has 4 heteroatoms. The van der Waals surface area contributed by atoms with Gasteiger partial charge in [-0.05, 0) is 12.2 Å². The molecule has 1 unspecified atom stereocenters. The molecule has 1 fully saturated rings. The third-order valence-corrected chi connectivity index (χ3v) is 2.45. The number of hydrogen-bond acceptors (Lipinski definition) is 1. The van der Waals surface area contributed by atoms with Crippen LogP contribution < -0.4 is 4.72 Å². The van der Waals surface area contributed by atoms with Crippen LogP contribution in [0.15, 0.2) is 0 Å². The second-order valence-electron chi connectivity index (χ2n) is 3.12. The van der Waals surface area contributed by atoms with Crippen LogP contribution in [0.1, 0.15) is 12.8 Å². The first kappa shape index (κ1) is 9.13. The summed E-state index contributed by atoms with van der Waals surface area (Å²) in [6.07, 6.45) is 2.05. The van der Waals surface area contributed by atoms with Crippen molar-refractivity contribution in [3.8, 4) is 0 Å². The van der Waals surface area contributed by atoms with E-state index < -0.39 is 5.92 Å². The SMILES string of the molecule is C=S(C)NCC1CC(F)(F)C1. The van der Waals surface area contributed by atoms with Gasteiger partial charge in [0.15, 0.2) is 0 Å². The summed E-state index contributed by atoms with van der Waals surface area (Å²) in [5.74, 6) is 1.53. The molecule has 0 aromatic heterocycles. The lowest BCUT2D eigenvalue weighted by molar-refractivity contribution is -0.107. The number of halogens is 2. The maximum absolute atomic E-state index is 12.3. The predicted octanol–water partition coefficient (Wildman–Crippen LogP) is 1.87. The Hall–Kier alpha value is 0.0400. The van der Waals surface area contributed by atoms with Gasteiger partial charge in [-0.25, -0.2) is 8.78 Å². The minimum absolute atomic E-state index is 0.0528. The summed E-state index contributed by atoms with van der Waals surface area (Å²) in [5, 5.41) is 0. The number of hydrogen-bond donors (Lipinski definition) is 1. The molecule has 1 aliphatic rings. The van der Waals surface area contributed by atoms with Gasteiger partial charge in [-0.1, -0.05) is 5.87 Å². The molecule has 0 radical (unpaired) electrons. The van der Waals surface area contributed by atoms with Gasteiger partial charge in [0.2, 0.25) is 5.92 Å². The maximum atomic E-state index is 12.3. The standard InChI is InChI=1S/C7H13F2NS/c1-11(2)10-5-6-3-7(8,9)4-6/h6,10H,1,3-5H2,2H3. The summed E-state index contributed by atoms with van der Waals surface area (Å²) in [6, 6.07) is 0. The van der Waals surface area contributed by atoms with E-state index in [1.807, 2.05) is 6.26 Å². The van der Waals surface area contributed by atoms with Crippen molar-refractivity contribution in [2.24, 2.45) is 5.92 Å². The monoisotopic (exact) mass is 181 g/mol. The van der Waals surface area contributed by atoms with Crippen LogP contribution in [0, 0.1) is 5.92 Å². The zero-order valence-electron chi connectivity index (χ0n) is 6.57. The van der Waals surface area contributed by atoms with Crippen LogP contribution in [0.5, 0.6) is 0 Å². The highest BCUT2D eigenvalue weighted by Crippen LogP contribution is 2.41. The van der Waals surface area contributed by atoms with E-state index in [2.05, 4.69) is 10.6 Å². The van der Waals surface area contributed by atoms with E-state index in [1.54, 1.807) is 0 Å². The highest BCUT2D eigenvalue weighted by atomic mass is 32.2. The maximum Gasteiger partial charge on any atom is 0.248 e. The Labute approximate surface area is 68.2 Å². The van der Waals surface area contributed by atoms with Crippen molar-refractivity contribution in [1.29, 1.82) is 0 Å². The van der Waals surface area contributed by atoms with E-state index in [-0.39, 0.29) is 29.4 Å². The lowest BCUT2D eigenvalue weighted by atomic mass is 9.82. The summed E-state index contributed by atoms with van der Waals surface area (Å²) in [4.78, 5) is 0. The van der Waals surface area contributed by atoms with Crippen LogP contribution >= 0.6 is 10.7 Å². The Morgan fingerprint density at radius 1 is 1.64 bits per heavy atom. The molecule has 0 heterocycles. The molecule has 1 saturated carbocycles. The average Bonchev–Trinajstić information content (AvgIpc) is 1.78. The van der Waals surface area contributed by atoms with E-state index in [0.29, 0.717) is 6.54 Å². The van der Waals surface area contributed by atoms with Gasteiger partial charge in [-0.15, -0.1) is 10.7 Å². The first-order chi connectivity index (χ1) is 4.99. The summed E-state index contributed by atoms with van der Waals surface area (Å²) in [6.45, 7) is 0.693. The molecule has 0 bridgehead atoms. The minimum Gasteiger partial charge on any atom is -0.270 e. The smallest absolute Gasteiger partial charge is 0.248 e. The second kappa shape index (κ2) is 3.19. The minimum atomic E-state index is -2.38. The van der Waals surface area contributed by atoms with E-state index in [1.165, 1.54) is 0 Å². The fourth-order valence-corrected chi connectivity index (χ4v) is 1.71. The van der Waals surface area contributed by atoms with Crippen molar-refractivity contribution >= 4 is 16.5 Å². The Kier molecular flexibility index (Phi) is 2.65. The Balaban J connectivity index is 2.09. The molecule has 1 rings (SSSR count). The predicted molar refractivity (Wildman–Crippen MR) is 46.3 cm³/mol. The van der Waals surface area contributed by atoms with Gasteiger partial charge in [0.1, 0.15) is 0 Å². The van der Waals surface area contributed by atoms with Crippen LogP contribution in [0.4, 0.5) is 8.78 Å². The van der Waals surface area contributed by atoms with E-state index in [4.69, 9.17) is 0 Å². The topological polar surface area (TPSA) is 12.0 Å². The van der Waals surface area contributed by atoms with E-state index in [0.717, 1.165) is 0 Å². The molecule has 0 aliphatic heterocycles. The molecule has 1 atom stereocenters. The summed E-state index contributed by atoms with van der Waals surface area (Å²) >= 11 is 0. The summed E-state index contributed by atoms with van der Waals surface area (Å²) in [7, 11) is -0.0736. The third-order valence-electron chi connectivity index (χ3n) is 1.79. The van der Waals surface area contributed by atoms with Crippen molar-refractivity contribution in [3.05, 3.63) is 0 Å². The quantitative estimate of drug-likeness (QED) is 0.655. The first-order valence-corrected chi connectivity index (χ1v) is 5.37. The van der Waals surface area contributed by atoms with Gasteiger partial charge in [0.25, 0.3) is 0 Å². The normalized spacial score (nSPS) is 26.1. The molecular formula is C7H13F2NS. The third kappa shape index (κ3) is 2.87. The van der Waals surface area contributed by atoms with Gasteiger partial charge in [0, 0.05) is 19.4 Å². The molecule has 1 aliphatic carbocycles. The van der Waals surface area contributed by atoms with Crippen molar-refractivity contribution in [3.63, 3.8) is 0 Å². The summed E-state index contributed by atoms with van der Waals surface area (Å²) in [5.41, 5.74) is 0. The molecule has 1 nitrogen and oxygen atoms in total. The molecule has 0 amide bonds. The first-order valence-electron chi connectivity index (χ1n) is 3.56. The van der Waals surface area contributed by atoms with Crippen LogP contribution in [0.25, 0.3) is 0 Å². The van der Waals surface area contributed by atoms with Gasteiger partial charge >= 0.3 is 0 Å². The molecular weight excluding hydrogens is 168 g/mol. The van der Waals surface area contributed by atoms with Crippen molar-refractivity contribution < 1.29 is 8.78 Å². The van der Waals surface area contributed by atoms with Gasteiger partial charge < -0.3 is 0 Å². The lowest BCUT2D eigenvalue weighted by Crippen LogP contribution is -2.39. The van der Waals surface area contributed by atoms with Gasteiger partial charge in [0.05, 0.1) is 0 Å². The highest BCUT2D eigenvalue weighted by Gasteiger charge is 2.44. The van der Waals surface area contributed by atoms with Crippen molar-refractivity contribution in [2.45, 2.75) is 18.8 Å². The Morgan fingerprint density at radius 3 is 2.55 bits per heavy atom. The molecule has 1 N–H and O–H groups in total. The largest absolute Gasteiger partial charge is 0.270 e. The number of alkyl halides is 2. The zero-order chi connectivity index (χ0) is 8.48. The molecule has 66 valence electrons. The molecule has 0 aromatic carbocycles. The van der Waals surface area contributed by atoms with Gasteiger partial charge in [-0.3, -0.25) is 4.72 Å². The van der Waals surface area contributed by atoms with E-state index >= 15 is 0 Å². The molecule has 0 aromatic rings. The average molecular weight is 181 g/mol. The molecule has 11 heavy (non-hydrogen) atoms. The van der Waals surface area contributed by atoms with E-state index in [9.17, 15) is 8.78 Å². The number of rotatable bonds is 3. The van der Waals surface area contributed by atoms with Crippen LogP contribution in [0.3, 0.4) is 0 Å². The van der Waals surface area contributed by atoms with Gasteiger partial charge in [-0.2, -0.15) is 0 Å². The number of nitrogens with one attached hydrogen (secondary N) is 1. The molecule has 0 saturated heterocycles. The highest BCUT2D eigenvalue weighted by molar-refractivity contribution is 8.11.